The maximum absolute atomic E-state index is 10.2. The minimum Gasteiger partial charge on any atom is -0.395 e. The first-order valence-electron chi connectivity index (χ1n) is 3.75. The van der Waals surface area contributed by atoms with E-state index in [-0.39, 0.29) is 25.8 Å². The molecule has 5 nitrogen and oxygen atoms in total. The molecular formula is C7H19NO4S. The van der Waals surface area contributed by atoms with E-state index in [1.54, 1.807) is 6.92 Å². The molecule has 0 saturated heterocycles. The van der Waals surface area contributed by atoms with Gasteiger partial charge in [-0.2, -0.15) is 8.42 Å². The van der Waals surface area contributed by atoms with Gasteiger partial charge in [0.05, 0.1) is 12.4 Å². The van der Waals surface area contributed by atoms with E-state index in [0.29, 0.717) is 13.0 Å². The molecule has 0 bridgehead atoms. The number of rotatable bonds is 6. The highest BCUT2D eigenvalue weighted by Crippen LogP contribution is 1.87. The summed E-state index contributed by atoms with van der Waals surface area (Å²) in [4.78, 5) is 0. The quantitative estimate of drug-likeness (QED) is 0.422. The van der Waals surface area contributed by atoms with Gasteiger partial charge in [0.25, 0.3) is 10.1 Å². The third kappa shape index (κ3) is 11.8. The molecular weight excluding hydrogens is 194 g/mol. The summed E-state index contributed by atoms with van der Waals surface area (Å²) in [5, 5.41) is 11.4. The zero-order chi connectivity index (χ0) is 9.61. The van der Waals surface area contributed by atoms with Crippen molar-refractivity contribution in [3.63, 3.8) is 0 Å². The van der Waals surface area contributed by atoms with Crippen molar-refractivity contribution in [2.75, 3.05) is 18.9 Å². The Morgan fingerprint density at radius 3 is 2.38 bits per heavy atom. The number of hydrogen-bond acceptors (Lipinski definition) is 4. The van der Waals surface area contributed by atoms with Gasteiger partial charge in [-0.3, -0.25) is 4.55 Å². The molecule has 82 valence electrons. The molecule has 0 radical (unpaired) electrons. The van der Waals surface area contributed by atoms with E-state index in [9.17, 15) is 8.42 Å². The van der Waals surface area contributed by atoms with Gasteiger partial charge >= 0.3 is 0 Å². The smallest absolute Gasteiger partial charge is 0.264 e. The number of hydrogen-bond donors (Lipinski definition) is 3. The van der Waals surface area contributed by atoms with Gasteiger partial charge in [0.15, 0.2) is 0 Å². The zero-order valence-corrected chi connectivity index (χ0v) is 7.84. The molecule has 3 N–H and O–H groups in total. The predicted molar refractivity (Wildman–Crippen MR) is 52.3 cm³/mol. The molecule has 6 heteroatoms. The van der Waals surface area contributed by atoms with Crippen LogP contribution in [0.1, 0.15) is 20.8 Å². The van der Waals surface area contributed by atoms with Crippen LogP contribution in [0.2, 0.25) is 0 Å². The van der Waals surface area contributed by atoms with Gasteiger partial charge in [0, 0.05) is 6.04 Å². The van der Waals surface area contributed by atoms with E-state index in [0.717, 1.165) is 0 Å². The lowest BCUT2D eigenvalue weighted by Crippen LogP contribution is -2.30. The number of nitrogens with one attached hydrogen (secondary N) is 1. The highest BCUT2D eigenvalue weighted by Gasteiger charge is 2.04. The Balaban J connectivity index is 0. The molecule has 1 unspecified atom stereocenters. The van der Waals surface area contributed by atoms with Crippen molar-refractivity contribution >= 4 is 10.1 Å². The van der Waals surface area contributed by atoms with E-state index in [1.807, 2.05) is 0 Å². The van der Waals surface area contributed by atoms with Crippen LogP contribution in [0, 0.1) is 0 Å². The summed E-state index contributed by atoms with van der Waals surface area (Å²) in [5.41, 5.74) is 0. The molecule has 0 saturated carbocycles. The summed E-state index contributed by atoms with van der Waals surface area (Å²) in [5.74, 6) is -0.238. The molecule has 0 rings (SSSR count). The number of aliphatic hydroxyl groups excluding tert-OH is 1. The van der Waals surface area contributed by atoms with Crippen LogP contribution < -0.4 is 5.32 Å². The number of aliphatic hydroxyl groups is 1. The van der Waals surface area contributed by atoms with Gasteiger partial charge in [-0.25, -0.2) is 0 Å². The molecule has 1 atom stereocenters. The predicted octanol–water partition coefficient (Wildman–Crippen LogP) is -0.129. The molecule has 0 heterocycles. The fourth-order valence-corrected chi connectivity index (χ4v) is 1.18. The Kier molecular flexibility index (Phi) is 8.54. The van der Waals surface area contributed by atoms with Gasteiger partial charge in [-0.1, -0.05) is 7.43 Å². The fraction of sp³-hybridized carbons (Fsp3) is 1.00. The van der Waals surface area contributed by atoms with E-state index in [4.69, 9.17) is 9.66 Å². The van der Waals surface area contributed by atoms with Crippen LogP contribution in [-0.4, -0.2) is 43.0 Å². The molecule has 0 aliphatic rings. The summed E-state index contributed by atoms with van der Waals surface area (Å²) in [6.07, 6.45) is 0.350. The van der Waals surface area contributed by atoms with Crippen molar-refractivity contribution in [3.05, 3.63) is 0 Å². The summed E-state index contributed by atoms with van der Waals surface area (Å²) in [6, 6.07) is -0.0357. The zero-order valence-electron chi connectivity index (χ0n) is 7.02. The molecule has 0 amide bonds. The van der Waals surface area contributed by atoms with Gasteiger partial charge in [0.2, 0.25) is 0 Å². The third-order valence-electron chi connectivity index (χ3n) is 1.35. The van der Waals surface area contributed by atoms with Crippen molar-refractivity contribution in [1.29, 1.82) is 0 Å². The monoisotopic (exact) mass is 213 g/mol. The fourth-order valence-electron chi connectivity index (χ4n) is 0.668. The topological polar surface area (TPSA) is 86.6 Å². The summed E-state index contributed by atoms with van der Waals surface area (Å²) in [6.45, 7) is 2.28. The first kappa shape index (κ1) is 15.3. The molecule has 0 aliphatic heterocycles. The normalized spacial score (nSPS) is 13.5. The summed E-state index contributed by atoms with van der Waals surface area (Å²) in [7, 11) is -3.83. The summed E-state index contributed by atoms with van der Waals surface area (Å²) >= 11 is 0. The average Bonchev–Trinajstić information content (AvgIpc) is 1.96. The van der Waals surface area contributed by atoms with Gasteiger partial charge in [-0.15, -0.1) is 0 Å². The van der Waals surface area contributed by atoms with Gasteiger partial charge < -0.3 is 10.4 Å². The second kappa shape index (κ2) is 7.25. The molecule has 0 aromatic heterocycles. The molecule has 13 heavy (non-hydrogen) atoms. The first-order valence-corrected chi connectivity index (χ1v) is 5.36. The maximum atomic E-state index is 10.2. The van der Waals surface area contributed by atoms with E-state index >= 15 is 0 Å². The molecule has 0 aromatic rings. The van der Waals surface area contributed by atoms with Crippen molar-refractivity contribution < 1.29 is 18.1 Å². The van der Waals surface area contributed by atoms with Crippen LogP contribution in [0.15, 0.2) is 0 Å². The highest BCUT2D eigenvalue weighted by molar-refractivity contribution is 7.85. The van der Waals surface area contributed by atoms with E-state index in [1.165, 1.54) is 0 Å². The minimum atomic E-state index is -3.83. The highest BCUT2D eigenvalue weighted by atomic mass is 32.2. The lowest BCUT2D eigenvalue weighted by molar-refractivity contribution is 0.252. The van der Waals surface area contributed by atoms with Gasteiger partial charge in [0.1, 0.15) is 0 Å². The van der Waals surface area contributed by atoms with E-state index in [2.05, 4.69) is 5.32 Å². The van der Waals surface area contributed by atoms with Gasteiger partial charge in [-0.05, 0) is 19.9 Å². The van der Waals surface area contributed by atoms with Crippen molar-refractivity contribution in [2.45, 2.75) is 26.8 Å². The Labute approximate surface area is 79.9 Å². The molecule has 0 fully saturated rings. The Morgan fingerprint density at radius 2 is 2.00 bits per heavy atom. The molecule has 0 aliphatic carbocycles. The SMILES string of the molecule is C.CC(CO)NCCCS(=O)(=O)O. The largest absolute Gasteiger partial charge is 0.395 e. The minimum absolute atomic E-state index is 0. The Hall–Kier alpha value is -0.170. The lowest BCUT2D eigenvalue weighted by atomic mass is 10.3. The summed E-state index contributed by atoms with van der Waals surface area (Å²) < 4.78 is 28.8. The van der Waals surface area contributed by atoms with Crippen LogP contribution in [0.3, 0.4) is 0 Å². The second-order valence-corrected chi connectivity index (χ2v) is 4.25. The Morgan fingerprint density at radius 1 is 1.46 bits per heavy atom. The Bertz CT molecular complexity index is 203. The van der Waals surface area contributed by atoms with Crippen LogP contribution >= 0.6 is 0 Å². The first-order chi connectivity index (χ1) is 5.45. The van der Waals surface area contributed by atoms with E-state index < -0.39 is 10.1 Å². The average molecular weight is 213 g/mol. The lowest BCUT2D eigenvalue weighted by Gasteiger charge is -2.08. The van der Waals surface area contributed by atoms with Crippen LogP contribution in [0.4, 0.5) is 0 Å². The van der Waals surface area contributed by atoms with Crippen molar-refractivity contribution in [3.8, 4) is 0 Å². The standard InChI is InChI=1S/C6H15NO4S.CH4/c1-6(5-8)7-3-2-4-12(9,10)11;/h6-8H,2-5H2,1H3,(H,9,10,11);1H4. The van der Waals surface area contributed by atoms with Crippen molar-refractivity contribution in [1.82, 2.24) is 5.32 Å². The molecule has 0 aromatic carbocycles. The van der Waals surface area contributed by atoms with Crippen molar-refractivity contribution in [2.24, 2.45) is 0 Å². The van der Waals surface area contributed by atoms with Crippen LogP contribution in [0.5, 0.6) is 0 Å². The van der Waals surface area contributed by atoms with Crippen LogP contribution in [-0.2, 0) is 10.1 Å². The third-order valence-corrected chi connectivity index (χ3v) is 2.15. The maximum Gasteiger partial charge on any atom is 0.264 e. The molecule has 0 spiro atoms. The second-order valence-electron chi connectivity index (χ2n) is 2.68. The van der Waals surface area contributed by atoms with Crippen LogP contribution in [0.25, 0.3) is 0 Å².